The molecule has 0 amide bonds. The Morgan fingerprint density at radius 3 is 2.38 bits per heavy atom. The van der Waals surface area contributed by atoms with E-state index in [0.29, 0.717) is 22.0 Å². The molecule has 2 fully saturated rings. The highest BCUT2D eigenvalue weighted by Gasteiger charge is 2.61. The molecule has 220 valence electrons. The van der Waals surface area contributed by atoms with Crippen molar-refractivity contribution in [1.29, 1.82) is 0 Å². The summed E-state index contributed by atoms with van der Waals surface area (Å²) < 4.78 is 0. The largest absolute Gasteiger partial charge is 0.294 e. The summed E-state index contributed by atoms with van der Waals surface area (Å²) in [6.07, 6.45) is 21.2. The van der Waals surface area contributed by atoms with E-state index >= 15 is 0 Å². The molecule has 1 aromatic rings. The lowest BCUT2D eigenvalue weighted by atomic mass is 9.43. The molecule has 5 rings (SSSR count). The zero-order valence-corrected chi connectivity index (χ0v) is 27.2. The van der Waals surface area contributed by atoms with Crippen molar-refractivity contribution in [3.63, 3.8) is 0 Å². The van der Waals surface area contributed by atoms with Crippen molar-refractivity contribution < 1.29 is 4.79 Å². The Hall–Kier alpha value is -1.63. The lowest BCUT2D eigenvalue weighted by molar-refractivity contribution is -0.118. The molecule has 0 bridgehead atoms. The molecule has 4 aliphatic rings. The van der Waals surface area contributed by atoms with Crippen LogP contribution < -0.4 is 0 Å². The average molecular weight is 543 g/mol. The first-order valence-corrected chi connectivity index (χ1v) is 17.1. The molecule has 1 aromatic carbocycles. The monoisotopic (exact) mass is 542 g/mol. The zero-order valence-electron chi connectivity index (χ0n) is 27.2. The minimum Gasteiger partial charge on any atom is -0.294 e. The summed E-state index contributed by atoms with van der Waals surface area (Å²) in [5.41, 5.74) is 9.50. The van der Waals surface area contributed by atoms with Crippen molar-refractivity contribution in [1.82, 2.24) is 0 Å². The van der Waals surface area contributed by atoms with Gasteiger partial charge >= 0.3 is 0 Å². The van der Waals surface area contributed by atoms with Crippen molar-refractivity contribution in [2.75, 3.05) is 0 Å². The van der Waals surface area contributed by atoms with Crippen LogP contribution in [0, 0.1) is 41.4 Å². The van der Waals surface area contributed by atoms with Gasteiger partial charge in [0.2, 0.25) is 0 Å². The summed E-state index contributed by atoms with van der Waals surface area (Å²) in [5.74, 6) is 2.95. The minimum atomic E-state index is 0.133. The van der Waals surface area contributed by atoms with Gasteiger partial charge in [0.1, 0.15) is 0 Å². The Labute approximate surface area is 246 Å². The molecule has 1 heteroatoms. The third-order valence-corrected chi connectivity index (χ3v) is 12.7. The van der Waals surface area contributed by atoms with Crippen LogP contribution in [0.1, 0.15) is 148 Å². The van der Waals surface area contributed by atoms with Crippen molar-refractivity contribution in [2.45, 2.75) is 144 Å². The van der Waals surface area contributed by atoms with Gasteiger partial charge in [0.05, 0.1) is 0 Å². The molecular weight excluding hydrogens is 484 g/mol. The van der Waals surface area contributed by atoms with Gasteiger partial charge in [-0.05, 0) is 119 Å². The summed E-state index contributed by atoms with van der Waals surface area (Å²) in [4.78, 5) is 13.2. The van der Waals surface area contributed by atoms with E-state index in [-0.39, 0.29) is 5.92 Å². The number of hydrogen-bond donors (Lipinski definition) is 0. The molecule has 0 spiro atoms. The minimum absolute atomic E-state index is 0.133. The number of allylic oxidation sites excluding steroid dienone is 4. The van der Waals surface area contributed by atoms with Gasteiger partial charge < -0.3 is 0 Å². The van der Waals surface area contributed by atoms with E-state index in [1.807, 2.05) is 0 Å². The van der Waals surface area contributed by atoms with Crippen LogP contribution in [0.2, 0.25) is 0 Å². The Bertz CT molecular complexity index is 1180. The van der Waals surface area contributed by atoms with Crippen molar-refractivity contribution in [3.05, 3.63) is 52.1 Å². The Balaban J connectivity index is 1.24. The van der Waals surface area contributed by atoms with Crippen LogP contribution in [0.3, 0.4) is 0 Å². The molecule has 3 unspecified atom stereocenters. The Morgan fingerprint density at radius 1 is 0.950 bits per heavy atom. The van der Waals surface area contributed by atoms with Gasteiger partial charge in [0.15, 0.2) is 5.78 Å². The van der Waals surface area contributed by atoms with Crippen LogP contribution in [-0.4, -0.2) is 5.78 Å². The van der Waals surface area contributed by atoms with E-state index in [0.717, 1.165) is 29.7 Å². The highest BCUT2D eigenvalue weighted by molar-refractivity contribution is 6.08. The predicted octanol–water partition coefficient (Wildman–Crippen LogP) is 11.0. The summed E-state index contributed by atoms with van der Waals surface area (Å²) in [6, 6.07) is 4.94. The third kappa shape index (κ3) is 5.11. The van der Waals surface area contributed by atoms with Crippen LogP contribution in [0.4, 0.5) is 0 Å². The van der Waals surface area contributed by atoms with Crippen molar-refractivity contribution in [2.24, 2.45) is 34.5 Å². The molecule has 1 nitrogen and oxygen atoms in total. The van der Waals surface area contributed by atoms with Crippen molar-refractivity contribution >= 4 is 11.4 Å². The molecule has 0 aliphatic heterocycles. The normalized spacial score (nSPS) is 31.7. The summed E-state index contributed by atoms with van der Waals surface area (Å²) in [7, 11) is 0. The van der Waals surface area contributed by atoms with Crippen LogP contribution in [0.5, 0.6) is 0 Å². The number of carbonyl (C=O) groups excluding carboxylic acids is 1. The van der Waals surface area contributed by atoms with Gasteiger partial charge in [0.25, 0.3) is 0 Å². The van der Waals surface area contributed by atoms with Crippen LogP contribution in [0.25, 0.3) is 5.57 Å². The number of fused-ring (bicyclic) bond motifs is 5. The number of carbonyl (C=O) groups is 1. The second-order valence-electron chi connectivity index (χ2n) is 15.8. The second kappa shape index (κ2) is 11.2. The fourth-order valence-electron chi connectivity index (χ4n) is 10.5. The first-order valence-electron chi connectivity index (χ1n) is 17.1. The predicted molar refractivity (Wildman–Crippen MR) is 172 cm³/mol. The molecule has 0 saturated heterocycles. The molecule has 2 saturated carbocycles. The molecule has 0 N–H and O–H groups in total. The lowest BCUT2D eigenvalue weighted by Gasteiger charge is -2.61. The molecule has 40 heavy (non-hydrogen) atoms. The SMILES string of the molecule is CCCC(CC)CCCCC(C)C(=O)C1=CC(c2cc(C)c3c(c2)C[C@H]2[C@@]3(C)CCC3C(C)(C)CCC[C@@]32C)=C1. The van der Waals surface area contributed by atoms with E-state index in [4.69, 9.17) is 0 Å². The Kier molecular flexibility index (Phi) is 8.37. The number of aryl methyl sites for hydroxylation is 1. The summed E-state index contributed by atoms with van der Waals surface area (Å²) in [5, 5.41) is 0. The van der Waals surface area contributed by atoms with E-state index in [1.54, 1.807) is 11.1 Å². The summed E-state index contributed by atoms with van der Waals surface area (Å²) >= 11 is 0. The number of rotatable bonds is 11. The summed E-state index contributed by atoms with van der Waals surface area (Å²) in [6.45, 7) is 19.5. The topological polar surface area (TPSA) is 17.1 Å². The highest BCUT2D eigenvalue weighted by atomic mass is 16.1. The van der Waals surface area contributed by atoms with Crippen molar-refractivity contribution in [3.8, 4) is 0 Å². The van der Waals surface area contributed by atoms with Gasteiger partial charge in [-0.3, -0.25) is 4.79 Å². The van der Waals surface area contributed by atoms with E-state index in [9.17, 15) is 4.79 Å². The molecule has 6 atom stereocenters. The molecular formula is C39H58O. The quantitative estimate of drug-likeness (QED) is 0.254. The third-order valence-electron chi connectivity index (χ3n) is 12.7. The van der Waals surface area contributed by atoms with Gasteiger partial charge in [-0.2, -0.15) is 0 Å². The zero-order chi connectivity index (χ0) is 28.9. The maximum Gasteiger partial charge on any atom is 0.165 e. The first kappa shape index (κ1) is 29.8. The van der Waals surface area contributed by atoms with Crippen LogP contribution in [-0.2, 0) is 16.6 Å². The lowest BCUT2D eigenvalue weighted by Crippen LogP contribution is -2.55. The maximum atomic E-state index is 13.2. The number of unbranched alkanes of at least 4 members (excludes halogenated alkanes) is 1. The second-order valence-corrected chi connectivity index (χ2v) is 15.8. The van der Waals surface area contributed by atoms with Gasteiger partial charge in [-0.25, -0.2) is 0 Å². The fraction of sp³-hybridized carbons (Fsp3) is 0.718. The van der Waals surface area contributed by atoms with Crippen LogP contribution >= 0.6 is 0 Å². The molecule has 0 radical (unpaired) electrons. The fourth-order valence-corrected chi connectivity index (χ4v) is 10.5. The molecule has 4 aliphatic carbocycles. The van der Waals surface area contributed by atoms with E-state index < -0.39 is 0 Å². The van der Waals surface area contributed by atoms with E-state index in [2.05, 4.69) is 79.7 Å². The average Bonchev–Trinajstić information content (AvgIpc) is 3.18. The number of hydrogen-bond acceptors (Lipinski definition) is 1. The smallest absolute Gasteiger partial charge is 0.165 e. The Morgan fingerprint density at radius 2 is 1.68 bits per heavy atom. The van der Waals surface area contributed by atoms with Gasteiger partial charge in [-0.15, -0.1) is 0 Å². The van der Waals surface area contributed by atoms with Crippen LogP contribution in [0.15, 0.2) is 29.9 Å². The molecule has 0 aromatic heterocycles. The number of ketones is 1. The first-order chi connectivity index (χ1) is 18.9. The van der Waals surface area contributed by atoms with Gasteiger partial charge in [0, 0.05) is 11.5 Å². The highest BCUT2D eigenvalue weighted by Crippen LogP contribution is 2.68. The number of Topliss-reactive ketones (excluding diaryl/α,β-unsaturated/α-hetero) is 1. The number of benzene rings is 1. The molecule has 0 heterocycles. The standard InChI is InChI=1S/C39H58O/c1-9-14-28(10-2)16-12-11-15-26(3)36(40)32-23-30(24-32)29-21-27(4)35-31(22-29)25-34-38(7)19-13-18-37(5,6)33(38)17-20-39(34,35)8/h21-24,26,28,33-34H,9-20,25H2,1-8H3/t26?,28?,33?,34-,38+,39-/m1/s1. The van der Waals surface area contributed by atoms with E-state index in [1.165, 1.54) is 93.7 Å². The van der Waals surface area contributed by atoms with Gasteiger partial charge in [-0.1, -0.05) is 106 Å². The maximum absolute atomic E-state index is 13.2.